The first kappa shape index (κ1) is 13.1. The second-order valence-electron chi connectivity index (χ2n) is 4.94. The minimum absolute atomic E-state index is 0.0708. The predicted molar refractivity (Wildman–Crippen MR) is 80.8 cm³/mol. The quantitative estimate of drug-likeness (QED) is 0.843. The third-order valence-corrected chi connectivity index (χ3v) is 3.59. The van der Waals surface area contributed by atoms with Crippen molar-refractivity contribution in [3.8, 4) is 6.07 Å². The van der Waals surface area contributed by atoms with Gasteiger partial charge in [0.25, 0.3) is 0 Å². The fourth-order valence-corrected chi connectivity index (χ4v) is 2.53. The summed E-state index contributed by atoms with van der Waals surface area (Å²) in [6, 6.07) is 18.9. The maximum absolute atomic E-state index is 12.5. The minimum Gasteiger partial charge on any atom is -0.298 e. The summed E-state index contributed by atoms with van der Waals surface area (Å²) in [5, 5.41) is 9.45. The van der Waals surface area contributed by atoms with Crippen molar-refractivity contribution >= 4 is 12.0 Å². The molecule has 2 aromatic rings. The molecule has 1 aliphatic rings. The molecule has 0 N–H and O–H groups in total. The number of carbonyl (C=O) groups is 1. The Morgan fingerprint density at radius 2 is 1.81 bits per heavy atom. The van der Waals surface area contributed by atoms with E-state index in [2.05, 4.69) is 6.07 Å². The lowest BCUT2D eigenvalue weighted by Crippen LogP contribution is -2.32. The van der Waals surface area contributed by atoms with Crippen LogP contribution >= 0.6 is 0 Å². The molecule has 0 spiro atoms. The van der Waals surface area contributed by atoms with E-state index in [1.165, 1.54) is 4.90 Å². The molecule has 1 atom stereocenters. The first-order valence-corrected chi connectivity index (χ1v) is 6.81. The van der Waals surface area contributed by atoms with Crippen LogP contribution in [0.25, 0.3) is 6.08 Å². The topological polar surface area (TPSA) is 44.1 Å². The zero-order chi connectivity index (χ0) is 14.7. The average Bonchev–Trinajstić information content (AvgIpc) is 2.54. The molecule has 3 nitrogen and oxygen atoms in total. The normalized spacial score (nSPS) is 16.1. The Balaban J connectivity index is 1.87. The number of carbonyl (C=O) groups excluding carboxylic acids is 1. The second kappa shape index (κ2) is 5.64. The third kappa shape index (κ3) is 2.56. The SMILES string of the molecule is N#C[C@H]1c2ccccc2C=CN1C(=O)Cc1ccccc1. The Bertz CT molecular complexity index is 728. The highest BCUT2D eigenvalue weighted by molar-refractivity contribution is 5.82. The molecule has 0 unspecified atom stereocenters. The zero-order valence-corrected chi connectivity index (χ0v) is 11.4. The molecule has 21 heavy (non-hydrogen) atoms. The Kier molecular flexibility index (Phi) is 3.53. The van der Waals surface area contributed by atoms with Crippen LogP contribution in [-0.4, -0.2) is 10.8 Å². The van der Waals surface area contributed by atoms with Gasteiger partial charge in [0.2, 0.25) is 5.91 Å². The van der Waals surface area contributed by atoms with Crippen molar-refractivity contribution < 1.29 is 4.79 Å². The molecule has 1 aliphatic heterocycles. The molecule has 0 aliphatic carbocycles. The number of benzene rings is 2. The molecule has 2 aromatic carbocycles. The standard InChI is InChI=1S/C18H14N2O/c19-13-17-16-9-5-4-8-15(16)10-11-20(17)18(21)12-14-6-2-1-3-7-14/h1-11,17H,12H2/t17-/m0/s1. The first-order valence-electron chi connectivity index (χ1n) is 6.81. The second-order valence-corrected chi connectivity index (χ2v) is 4.94. The number of nitriles is 1. The summed E-state index contributed by atoms with van der Waals surface area (Å²) < 4.78 is 0. The molecule has 1 heterocycles. The number of hydrogen-bond donors (Lipinski definition) is 0. The highest BCUT2D eigenvalue weighted by Gasteiger charge is 2.27. The zero-order valence-electron chi connectivity index (χ0n) is 11.4. The highest BCUT2D eigenvalue weighted by atomic mass is 16.2. The van der Waals surface area contributed by atoms with Gasteiger partial charge in [-0.2, -0.15) is 5.26 Å². The summed E-state index contributed by atoms with van der Waals surface area (Å²) in [6.07, 6.45) is 3.89. The molecule has 1 amide bonds. The minimum atomic E-state index is -0.553. The summed E-state index contributed by atoms with van der Waals surface area (Å²) in [4.78, 5) is 14.0. The Morgan fingerprint density at radius 1 is 1.10 bits per heavy atom. The number of hydrogen-bond acceptors (Lipinski definition) is 2. The molecule has 0 aromatic heterocycles. The van der Waals surface area contributed by atoms with Crippen LogP contribution in [-0.2, 0) is 11.2 Å². The molecule has 3 heteroatoms. The van der Waals surface area contributed by atoms with Crippen LogP contribution in [0.4, 0.5) is 0 Å². The van der Waals surface area contributed by atoms with Crippen LogP contribution in [0.1, 0.15) is 22.7 Å². The van der Waals surface area contributed by atoms with Crippen molar-refractivity contribution in [2.24, 2.45) is 0 Å². The molecule has 0 saturated carbocycles. The fourth-order valence-electron chi connectivity index (χ4n) is 2.53. The lowest BCUT2D eigenvalue weighted by atomic mass is 9.96. The molecule has 102 valence electrons. The van der Waals surface area contributed by atoms with E-state index in [1.54, 1.807) is 6.20 Å². The predicted octanol–water partition coefficient (Wildman–Crippen LogP) is 3.31. The summed E-state index contributed by atoms with van der Waals surface area (Å²) in [5.74, 6) is -0.0708. The maximum atomic E-state index is 12.5. The first-order chi connectivity index (χ1) is 10.3. The van der Waals surface area contributed by atoms with Gasteiger partial charge in [0.1, 0.15) is 6.04 Å². The van der Waals surface area contributed by atoms with Gasteiger partial charge >= 0.3 is 0 Å². The molecule has 0 saturated heterocycles. The van der Waals surface area contributed by atoms with Crippen LogP contribution < -0.4 is 0 Å². The Labute approximate surface area is 123 Å². The van der Waals surface area contributed by atoms with Crippen LogP contribution in [0, 0.1) is 11.3 Å². The van der Waals surface area contributed by atoms with Gasteiger partial charge in [-0.3, -0.25) is 9.69 Å². The lowest BCUT2D eigenvalue weighted by Gasteiger charge is -2.28. The maximum Gasteiger partial charge on any atom is 0.232 e. The summed E-state index contributed by atoms with van der Waals surface area (Å²) in [6.45, 7) is 0. The molecular formula is C18H14N2O. The van der Waals surface area contributed by atoms with Gasteiger partial charge in [0.15, 0.2) is 0 Å². The van der Waals surface area contributed by atoms with E-state index in [1.807, 2.05) is 60.7 Å². The Hall–Kier alpha value is -2.86. The van der Waals surface area contributed by atoms with E-state index in [4.69, 9.17) is 0 Å². The summed E-state index contributed by atoms with van der Waals surface area (Å²) in [5.41, 5.74) is 2.82. The van der Waals surface area contributed by atoms with Crippen LogP contribution in [0.3, 0.4) is 0 Å². The summed E-state index contributed by atoms with van der Waals surface area (Å²) >= 11 is 0. The van der Waals surface area contributed by atoms with Crippen LogP contribution in [0.2, 0.25) is 0 Å². The van der Waals surface area contributed by atoms with Crippen molar-refractivity contribution in [3.63, 3.8) is 0 Å². The van der Waals surface area contributed by atoms with Gasteiger partial charge in [-0.1, -0.05) is 54.6 Å². The van der Waals surface area contributed by atoms with Crippen molar-refractivity contribution in [1.82, 2.24) is 4.90 Å². The van der Waals surface area contributed by atoms with E-state index in [9.17, 15) is 10.1 Å². The lowest BCUT2D eigenvalue weighted by molar-refractivity contribution is -0.129. The van der Waals surface area contributed by atoms with E-state index in [0.29, 0.717) is 6.42 Å². The number of fused-ring (bicyclic) bond motifs is 1. The monoisotopic (exact) mass is 274 g/mol. The van der Waals surface area contributed by atoms with Gasteiger partial charge in [-0.15, -0.1) is 0 Å². The van der Waals surface area contributed by atoms with Crippen LogP contribution in [0.5, 0.6) is 0 Å². The number of nitrogens with zero attached hydrogens (tertiary/aromatic N) is 2. The van der Waals surface area contributed by atoms with Gasteiger partial charge < -0.3 is 0 Å². The molecule has 0 bridgehead atoms. The number of rotatable bonds is 2. The number of amides is 1. The Morgan fingerprint density at radius 3 is 2.57 bits per heavy atom. The third-order valence-electron chi connectivity index (χ3n) is 3.59. The average molecular weight is 274 g/mol. The molecule has 0 radical (unpaired) electrons. The van der Waals surface area contributed by atoms with Crippen molar-refractivity contribution in [3.05, 3.63) is 77.5 Å². The van der Waals surface area contributed by atoms with Crippen LogP contribution in [0.15, 0.2) is 60.8 Å². The summed E-state index contributed by atoms with van der Waals surface area (Å²) in [7, 11) is 0. The highest BCUT2D eigenvalue weighted by Crippen LogP contribution is 2.30. The smallest absolute Gasteiger partial charge is 0.232 e. The van der Waals surface area contributed by atoms with E-state index in [-0.39, 0.29) is 5.91 Å². The fraction of sp³-hybridized carbons (Fsp3) is 0.111. The van der Waals surface area contributed by atoms with Crippen molar-refractivity contribution in [2.75, 3.05) is 0 Å². The van der Waals surface area contributed by atoms with Crippen molar-refractivity contribution in [1.29, 1.82) is 5.26 Å². The van der Waals surface area contributed by atoms with E-state index in [0.717, 1.165) is 16.7 Å². The van der Waals surface area contributed by atoms with Gasteiger partial charge in [-0.25, -0.2) is 0 Å². The molecule has 0 fully saturated rings. The van der Waals surface area contributed by atoms with Gasteiger partial charge in [-0.05, 0) is 22.8 Å². The largest absolute Gasteiger partial charge is 0.298 e. The van der Waals surface area contributed by atoms with E-state index >= 15 is 0 Å². The van der Waals surface area contributed by atoms with E-state index < -0.39 is 6.04 Å². The van der Waals surface area contributed by atoms with Gasteiger partial charge in [0, 0.05) is 6.20 Å². The molecular weight excluding hydrogens is 260 g/mol. The van der Waals surface area contributed by atoms with Crippen molar-refractivity contribution in [2.45, 2.75) is 12.5 Å². The molecule has 3 rings (SSSR count). The van der Waals surface area contributed by atoms with Gasteiger partial charge in [0.05, 0.1) is 12.5 Å².